The standard InChI is InChI=1S/3C7H8N.C4H9.Sn/c3*1-2-7-5-3-4-6-8-7;1-3-4-2;/h3*3-6H,1-2H2;1,3-4H2,2H3;. The van der Waals surface area contributed by atoms with Crippen LogP contribution in [-0.2, 0) is 19.3 Å². The Kier molecular flexibility index (Phi) is 9.13. The second-order valence-electron chi connectivity index (χ2n) is 8.07. The van der Waals surface area contributed by atoms with Crippen LogP contribution >= 0.6 is 0 Å². The van der Waals surface area contributed by atoms with Crippen molar-refractivity contribution in [2.75, 3.05) is 0 Å². The summed E-state index contributed by atoms with van der Waals surface area (Å²) in [5.41, 5.74) is 3.75. The Morgan fingerprint density at radius 2 is 1.00 bits per heavy atom. The molecule has 4 heteroatoms. The molecule has 3 aromatic heterocycles. The third kappa shape index (κ3) is 7.54. The number of hydrogen-bond acceptors (Lipinski definition) is 3. The van der Waals surface area contributed by atoms with Crippen LogP contribution in [0.4, 0.5) is 0 Å². The molecule has 0 aliphatic heterocycles. The van der Waals surface area contributed by atoms with Gasteiger partial charge in [0.2, 0.25) is 0 Å². The van der Waals surface area contributed by atoms with Gasteiger partial charge in [0.15, 0.2) is 0 Å². The van der Waals surface area contributed by atoms with E-state index in [1.165, 1.54) is 47.7 Å². The first-order valence-electron chi connectivity index (χ1n) is 11.0. The van der Waals surface area contributed by atoms with Crippen molar-refractivity contribution in [3.05, 3.63) is 90.3 Å². The number of nitrogens with zero attached hydrogens (tertiary/aromatic N) is 3. The Morgan fingerprint density at radius 3 is 1.31 bits per heavy atom. The summed E-state index contributed by atoms with van der Waals surface area (Å²) in [5.74, 6) is 0. The Balaban J connectivity index is 1.75. The predicted octanol–water partition coefficient (Wildman–Crippen LogP) is 6.15. The molecule has 0 unspecified atom stereocenters. The van der Waals surface area contributed by atoms with E-state index in [1.807, 2.05) is 36.8 Å². The molecule has 0 amide bonds. The molecule has 3 aromatic rings. The van der Waals surface area contributed by atoms with Gasteiger partial charge in [0.25, 0.3) is 0 Å². The monoisotopic (exact) mass is 495 g/mol. The van der Waals surface area contributed by atoms with Crippen LogP contribution in [0.2, 0.25) is 17.7 Å². The summed E-state index contributed by atoms with van der Waals surface area (Å²) < 4.78 is 5.61. The third-order valence-electron chi connectivity index (χ3n) is 5.97. The fourth-order valence-electron chi connectivity index (χ4n) is 4.12. The van der Waals surface area contributed by atoms with Crippen LogP contribution in [0.5, 0.6) is 0 Å². The van der Waals surface area contributed by atoms with E-state index in [1.54, 1.807) is 0 Å². The molecule has 0 atom stereocenters. The van der Waals surface area contributed by atoms with Gasteiger partial charge in [-0.15, -0.1) is 0 Å². The van der Waals surface area contributed by atoms with E-state index in [0.717, 1.165) is 19.3 Å². The first kappa shape index (κ1) is 21.9. The molecule has 0 aliphatic carbocycles. The van der Waals surface area contributed by atoms with Gasteiger partial charge >= 0.3 is 180 Å². The average molecular weight is 494 g/mol. The zero-order chi connectivity index (χ0) is 20.2. The molecule has 152 valence electrons. The molecular formula is C25H33N3Sn. The van der Waals surface area contributed by atoms with Gasteiger partial charge in [0.1, 0.15) is 0 Å². The van der Waals surface area contributed by atoms with Gasteiger partial charge in [-0.3, -0.25) is 0 Å². The van der Waals surface area contributed by atoms with E-state index in [9.17, 15) is 0 Å². The van der Waals surface area contributed by atoms with Crippen LogP contribution in [0.15, 0.2) is 73.2 Å². The predicted molar refractivity (Wildman–Crippen MR) is 124 cm³/mol. The van der Waals surface area contributed by atoms with Crippen molar-refractivity contribution in [3.63, 3.8) is 0 Å². The first-order chi connectivity index (χ1) is 14.3. The zero-order valence-electron chi connectivity index (χ0n) is 17.6. The van der Waals surface area contributed by atoms with Crippen molar-refractivity contribution in [3.8, 4) is 0 Å². The Morgan fingerprint density at radius 1 is 0.586 bits per heavy atom. The minimum atomic E-state index is -2.40. The molecule has 0 N–H and O–H groups in total. The maximum atomic E-state index is 4.61. The molecule has 0 saturated carbocycles. The van der Waals surface area contributed by atoms with Gasteiger partial charge in [-0.2, -0.15) is 0 Å². The molecule has 3 heterocycles. The molecule has 29 heavy (non-hydrogen) atoms. The molecule has 0 aromatic carbocycles. The SMILES string of the molecule is CCC[CH2][Sn]([CH2]Cc1ccccn1)([CH2]Cc1ccccn1)[CH2]Cc1ccccn1. The van der Waals surface area contributed by atoms with Crippen molar-refractivity contribution in [2.24, 2.45) is 0 Å². The van der Waals surface area contributed by atoms with Crippen molar-refractivity contribution >= 4 is 18.4 Å². The summed E-state index contributed by atoms with van der Waals surface area (Å²) in [7, 11) is 0. The van der Waals surface area contributed by atoms with Crippen LogP contribution in [0.3, 0.4) is 0 Å². The second-order valence-corrected chi connectivity index (χ2v) is 22.3. The van der Waals surface area contributed by atoms with Gasteiger partial charge in [0, 0.05) is 0 Å². The Labute approximate surface area is 179 Å². The van der Waals surface area contributed by atoms with Crippen molar-refractivity contribution < 1.29 is 0 Å². The number of pyridine rings is 3. The topological polar surface area (TPSA) is 38.7 Å². The van der Waals surface area contributed by atoms with E-state index in [2.05, 4.69) is 58.3 Å². The van der Waals surface area contributed by atoms with Gasteiger partial charge in [-0.1, -0.05) is 0 Å². The van der Waals surface area contributed by atoms with E-state index < -0.39 is 18.4 Å². The van der Waals surface area contributed by atoms with Crippen LogP contribution in [-0.4, -0.2) is 33.3 Å². The van der Waals surface area contributed by atoms with Crippen molar-refractivity contribution in [1.29, 1.82) is 0 Å². The normalized spacial score (nSPS) is 11.5. The number of aromatic nitrogens is 3. The third-order valence-corrected chi connectivity index (χ3v) is 21.2. The molecule has 0 spiro atoms. The van der Waals surface area contributed by atoms with Gasteiger partial charge in [-0.25, -0.2) is 0 Å². The van der Waals surface area contributed by atoms with Crippen LogP contribution in [0.1, 0.15) is 36.8 Å². The summed E-state index contributed by atoms with van der Waals surface area (Å²) in [5, 5.41) is 0. The van der Waals surface area contributed by atoms with Crippen LogP contribution in [0.25, 0.3) is 0 Å². The number of aryl methyl sites for hydroxylation is 3. The quantitative estimate of drug-likeness (QED) is 0.284. The molecule has 0 radical (unpaired) electrons. The van der Waals surface area contributed by atoms with E-state index in [4.69, 9.17) is 0 Å². The molecule has 3 nitrogen and oxygen atoms in total. The fraction of sp³-hybridized carbons (Fsp3) is 0.400. The van der Waals surface area contributed by atoms with Crippen LogP contribution < -0.4 is 0 Å². The van der Waals surface area contributed by atoms with Crippen LogP contribution in [0, 0.1) is 0 Å². The first-order valence-corrected chi connectivity index (χ1v) is 19.1. The fourth-order valence-corrected chi connectivity index (χ4v) is 18.3. The number of hydrogen-bond donors (Lipinski definition) is 0. The Hall–Kier alpha value is -1.75. The summed E-state index contributed by atoms with van der Waals surface area (Å²) >= 11 is -2.40. The Bertz CT molecular complexity index is 703. The second kappa shape index (κ2) is 12.1. The summed E-state index contributed by atoms with van der Waals surface area (Å²) in [4.78, 5) is 13.8. The summed E-state index contributed by atoms with van der Waals surface area (Å²) in [6.45, 7) is 2.33. The minimum absolute atomic E-state index is 1.13. The molecular weight excluding hydrogens is 461 g/mol. The summed E-state index contributed by atoms with van der Waals surface area (Å²) in [6, 6.07) is 19.0. The van der Waals surface area contributed by atoms with E-state index in [0.29, 0.717) is 0 Å². The van der Waals surface area contributed by atoms with Crippen molar-refractivity contribution in [2.45, 2.75) is 56.8 Å². The molecule has 0 fully saturated rings. The van der Waals surface area contributed by atoms with Crippen molar-refractivity contribution in [1.82, 2.24) is 15.0 Å². The summed E-state index contributed by atoms with van der Waals surface area (Å²) in [6.07, 6.45) is 11.8. The van der Waals surface area contributed by atoms with E-state index in [-0.39, 0.29) is 0 Å². The van der Waals surface area contributed by atoms with Gasteiger partial charge in [0.05, 0.1) is 0 Å². The zero-order valence-corrected chi connectivity index (χ0v) is 20.5. The molecule has 0 bridgehead atoms. The van der Waals surface area contributed by atoms with Gasteiger partial charge in [-0.05, 0) is 0 Å². The molecule has 3 rings (SSSR count). The average Bonchev–Trinajstić information content (AvgIpc) is 2.80. The number of unbranched alkanes of at least 4 members (excludes halogenated alkanes) is 1. The van der Waals surface area contributed by atoms with Gasteiger partial charge < -0.3 is 0 Å². The number of rotatable bonds is 12. The molecule has 0 saturated heterocycles. The molecule has 0 aliphatic rings. The van der Waals surface area contributed by atoms with E-state index >= 15 is 0 Å². The maximum absolute atomic E-state index is 4.61.